The molecule has 2 atom stereocenters. The van der Waals surface area contributed by atoms with Crippen molar-refractivity contribution >= 4 is 17.5 Å². The van der Waals surface area contributed by atoms with Gasteiger partial charge in [-0.05, 0) is 55.2 Å². The minimum atomic E-state index is -0.426. The molecular formula is C32H39N4O4+. The zero-order chi connectivity index (χ0) is 28.2. The third-order valence-electron chi connectivity index (χ3n) is 8.24. The summed E-state index contributed by atoms with van der Waals surface area (Å²) in [5, 5.41) is 0. The lowest BCUT2D eigenvalue weighted by molar-refractivity contribution is -0.368. The maximum atomic E-state index is 14.1. The number of ether oxygens (including phenoxy) is 2. The number of hydrogen-bond donors (Lipinski definition) is 1. The minimum Gasteiger partial charge on any atom is -0.493 e. The normalized spacial score (nSPS) is 17.1. The molecule has 3 aromatic carbocycles. The molecule has 0 saturated carbocycles. The van der Waals surface area contributed by atoms with Gasteiger partial charge in [0.05, 0.1) is 43.6 Å². The van der Waals surface area contributed by atoms with E-state index < -0.39 is 6.04 Å². The molecule has 3 aromatic rings. The fourth-order valence-electron chi connectivity index (χ4n) is 5.97. The second-order valence-electron chi connectivity index (χ2n) is 10.4. The van der Waals surface area contributed by atoms with Gasteiger partial charge < -0.3 is 20.1 Å². The van der Waals surface area contributed by atoms with Crippen molar-refractivity contribution in [3.63, 3.8) is 0 Å². The summed E-state index contributed by atoms with van der Waals surface area (Å²) in [6.07, 6.45) is 1.40. The number of fused-ring (bicyclic) bond motifs is 1. The second kappa shape index (κ2) is 12.1. The third kappa shape index (κ3) is 5.17. The molecule has 0 aromatic heterocycles. The van der Waals surface area contributed by atoms with E-state index >= 15 is 0 Å². The van der Waals surface area contributed by atoms with E-state index in [1.165, 1.54) is 10.5 Å². The van der Waals surface area contributed by atoms with Crippen LogP contribution in [0.1, 0.15) is 63.7 Å². The summed E-state index contributed by atoms with van der Waals surface area (Å²) in [4.78, 5) is 34.1. The molecule has 3 N–H and O–H groups in total. The van der Waals surface area contributed by atoms with Gasteiger partial charge in [-0.2, -0.15) is 0 Å². The summed E-state index contributed by atoms with van der Waals surface area (Å²) >= 11 is 0. The maximum absolute atomic E-state index is 14.1. The Balaban J connectivity index is 1.40. The summed E-state index contributed by atoms with van der Waals surface area (Å²) in [6.45, 7) is 6.29. The van der Waals surface area contributed by atoms with E-state index in [1.54, 1.807) is 20.3 Å². The van der Waals surface area contributed by atoms with Crippen LogP contribution in [0.4, 0.5) is 5.69 Å². The van der Waals surface area contributed by atoms with Crippen LogP contribution < -0.4 is 20.1 Å². The molecular weight excluding hydrogens is 504 g/mol. The highest BCUT2D eigenvalue weighted by Crippen LogP contribution is 2.40. The predicted molar refractivity (Wildman–Crippen MR) is 155 cm³/mol. The lowest BCUT2D eigenvalue weighted by Gasteiger charge is -2.39. The standard InChI is InChI=1S/C32H38N4O4/c1-22(23-9-5-4-6-10-23)34-17-19-35(20-18-34)27-12-7-11-25-30(27)32(38)36(31(25)37)26(13-8-16-33)24-14-15-28(39-2)29(21-24)40-3/h4-7,9-12,14-15,21-22,26H,8,13,16-20,33H2,1-3H3/p+1/t22-,26-/m1/s1. The SMILES string of the molecule is COc1ccc([C@@H](CCC[NH3+])N2C(=O)c3cccc(N4CCN([C@H](C)c5ccccc5)CC4)c3C2=O)cc1OC. The van der Waals surface area contributed by atoms with E-state index in [0.717, 1.165) is 43.9 Å². The van der Waals surface area contributed by atoms with Crippen molar-refractivity contribution in [2.45, 2.75) is 31.8 Å². The summed E-state index contributed by atoms with van der Waals surface area (Å²) in [5.74, 6) is 0.689. The van der Waals surface area contributed by atoms with E-state index in [2.05, 4.69) is 46.7 Å². The Hall–Kier alpha value is -3.88. The van der Waals surface area contributed by atoms with E-state index in [4.69, 9.17) is 9.47 Å². The number of imide groups is 1. The van der Waals surface area contributed by atoms with Gasteiger partial charge in [0.15, 0.2) is 11.5 Å². The minimum absolute atomic E-state index is 0.237. The number of rotatable bonds is 10. The summed E-state index contributed by atoms with van der Waals surface area (Å²) in [6, 6.07) is 21.7. The number of methoxy groups -OCH3 is 2. The number of carbonyl (C=O) groups is 2. The lowest BCUT2D eigenvalue weighted by atomic mass is 9.99. The van der Waals surface area contributed by atoms with Gasteiger partial charge in [0.1, 0.15) is 0 Å². The fourth-order valence-corrected chi connectivity index (χ4v) is 5.97. The first kappa shape index (κ1) is 27.7. The smallest absolute Gasteiger partial charge is 0.264 e. The lowest BCUT2D eigenvalue weighted by Crippen LogP contribution is -2.50. The summed E-state index contributed by atoms with van der Waals surface area (Å²) < 4.78 is 10.9. The molecule has 0 radical (unpaired) electrons. The zero-order valence-electron chi connectivity index (χ0n) is 23.6. The van der Waals surface area contributed by atoms with Crippen LogP contribution in [0.3, 0.4) is 0 Å². The molecule has 0 bridgehead atoms. The molecule has 2 aliphatic heterocycles. The van der Waals surface area contributed by atoms with Gasteiger partial charge in [-0.1, -0.05) is 42.5 Å². The zero-order valence-corrected chi connectivity index (χ0v) is 23.6. The Labute approximate surface area is 236 Å². The van der Waals surface area contributed by atoms with Gasteiger partial charge in [0, 0.05) is 32.2 Å². The molecule has 8 heteroatoms. The van der Waals surface area contributed by atoms with Gasteiger partial charge in [-0.3, -0.25) is 19.4 Å². The Morgan fingerprint density at radius 2 is 1.55 bits per heavy atom. The highest BCUT2D eigenvalue weighted by Gasteiger charge is 2.43. The van der Waals surface area contributed by atoms with Crippen molar-refractivity contribution < 1.29 is 24.8 Å². The molecule has 1 saturated heterocycles. The monoisotopic (exact) mass is 543 g/mol. The number of amides is 2. The summed E-state index contributed by atoms with van der Waals surface area (Å²) in [7, 11) is 3.17. The van der Waals surface area contributed by atoms with Crippen LogP contribution in [-0.4, -0.2) is 68.6 Å². The van der Waals surface area contributed by atoms with E-state index in [9.17, 15) is 9.59 Å². The maximum Gasteiger partial charge on any atom is 0.264 e. The van der Waals surface area contributed by atoms with Crippen LogP contribution in [0.15, 0.2) is 66.7 Å². The third-order valence-corrected chi connectivity index (χ3v) is 8.24. The van der Waals surface area contributed by atoms with Crippen LogP contribution in [0.5, 0.6) is 11.5 Å². The van der Waals surface area contributed by atoms with Crippen molar-refractivity contribution in [1.29, 1.82) is 0 Å². The average molecular weight is 544 g/mol. The van der Waals surface area contributed by atoms with Gasteiger partial charge in [0.2, 0.25) is 0 Å². The molecule has 2 aliphatic rings. The number of carbonyl (C=O) groups excluding carboxylic acids is 2. The quantitative estimate of drug-likeness (QED) is 0.390. The van der Waals surface area contributed by atoms with Crippen LogP contribution in [-0.2, 0) is 0 Å². The molecule has 210 valence electrons. The molecule has 0 spiro atoms. The summed E-state index contributed by atoms with van der Waals surface area (Å²) in [5.41, 5.74) is 7.95. The molecule has 0 unspecified atom stereocenters. The van der Waals surface area contributed by atoms with Crippen molar-refractivity contribution in [3.05, 3.63) is 89.0 Å². The Bertz CT molecular complexity index is 1350. The van der Waals surface area contributed by atoms with Crippen LogP contribution in [0, 0.1) is 0 Å². The van der Waals surface area contributed by atoms with Gasteiger partial charge >= 0.3 is 0 Å². The topological polar surface area (TPSA) is 90.0 Å². The first-order chi connectivity index (χ1) is 19.5. The number of quaternary nitrogens is 1. The molecule has 0 aliphatic carbocycles. The number of piperazine rings is 1. The fraction of sp³-hybridized carbons (Fsp3) is 0.375. The van der Waals surface area contributed by atoms with Crippen molar-refractivity contribution in [2.24, 2.45) is 0 Å². The molecule has 5 rings (SSSR count). The van der Waals surface area contributed by atoms with E-state index in [1.807, 2.05) is 36.4 Å². The largest absolute Gasteiger partial charge is 0.493 e. The Morgan fingerprint density at radius 1 is 0.825 bits per heavy atom. The second-order valence-corrected chi connectivity index (χ2v) is 10.4. The first-order valence-electron chi connectivity index (χ1n) is 14.0. The van der Waals surface area contributed by atoms with Crippen LogP contribution in [0.25, 0.3) is 0 Å². The van der Waals surface area contributed by atoms with Crippen LogP contribution >= 0.6 is 0 Å². The van der Waals surface area contributed by atoms with Gasteiger partial charge in [0.25, 0.3) is 11.8 Å². The molecule has 40 heavy (non-hydrogen) atoms. The first-order valence-corrected chi connectivity index (χ1v) is 14.0. The highest BCUT2D eigenvalue weighted by molar-refractivity contribution is 6.24. The molecule has 2 heterocycles. The van der Waals surface area contributed by atoms with Gasteiger partial charge in [-0.25, -0.2) is 0 Å². The predicted octanol–water partition coefficient (Wildman–Crippen LogP) is 3.95. The van der Waals surface area contributed by atoms with E-state index in [-0.39, 0.29) is 11.8 Å². The molecule has 8 nitrogen and oxygen atoms in total. The van der Waals surface area contributed by atoms with Gasteiger partial charge in [-0.15, -0.1) is 0 Å². The number of anilines is 1. The molecule has 2 amide bonds. The Kier molecular flexibility index (Phi) is 8.38. The average Bonchev–Trinajstić information content (AvgIpc) is 3.26. The van der Waals surface area contributed by atoms with Crippen molar-refractivity contribution in [1.82, 2.24) is 9.80 Å². The van der Waals surface area contributed by atoms with Crippen molar-refractivity contribution in [3.8, 4) is 11.5 Å². The number of nitrogens with zero attached hydrogens (tertiary/aromatic N) is 3. The highest BCUT2D eigenvalue weighted by atomic mass is 16.5. The van der Waals surface area contributed by atoms with Crippen LogP contribution in [0.2, 0.25) is 0 Å². The number of hydrogen-bond acceptors (Lipinski definition) is 6. The molecule has 1 fully saturated rings. The Morgan fingerprint density at radius 3 is 2.23 bits per heavy atom. The van der Waals surface area contributed by atoms with E-state index in [0.29, 0.717) is 41.6 Å². The number of benzene rings is 3. The van der Waals surface area contributed by atoms with Crippen molar-refractivity contribution in [2.75, 3.05) is 51.8 Å².